The monoisotopic (exact) mass is 1110 g/mol. The molecule has 4 aliphatic rings. The van der Waals surface area contributed by atoms with Crippen LogP contribution in [0, 0.1) is 22.7 Å². The molecule has 0 saturated carbocycles. The summed E-state index contributed by atoms with van der Waals surface area (Å²) in [6, 6.07) is 10.0. The minimum Gasteiger partial charge on any atom is -0.477 e. The van der Waals surface area contributed by atoms with E-state index in [2.05, 4.69) is 42.1 Å². The van der Waals surface area contributed by atoms with Crippen molar-refractivity contribution in [3.8, 4) is 11.8 Å². The number of hydrogen-bond acceptors (Lipinski definition) is 16. The lowest BCUT2D eigenvalue weighted by Gasteiger charge is -2.35. The summed E-state index contributed by atoms with van der Waals surface area (Å²) in [5, 5.41) is 17.3. The van der Waals surface area contributed by atoms with Crippen molar-refractivity contribution in [2.75, 3.05) is 26.3 Å². The fourth-order valence-corrected chi connectivity index (χ4v) is 9.40. The second-order valence-corrected chi connectivity index (χ2v) is 23.2. The smallest absolute Gasteiger partial charge is 0.325 e. The molecule has 0 unspecified atom stereocenters. The Morgan fingerprint density at radius 3 is 1.26 bits per heavy atom. The molecule has 0 spiro atoms. The number of aromatic nitrogens is 2. The molecule has 6 amide bonds. The Balaban J connectivity index is 0.000000231. The summed E-state index contributed by atoms with van der Waals surface area (Å²) < 4.78 is 23.4. The van der Waals surface area contributed by atoms with E-state index in [0.717, 1.165) is 32.7 Å². The van der Waals surface area contributed by atoms with Gasteiger partial charge in [-0.3, -0.25) is 48.4 Å². The number of nitrogens with zero attached hydrogens (tertiary/aromatic N) is 4. The van der Waals surface area contributed by atoms with Crippen LogP contribution in [0.2, 0.25) is 0 Å². The second-order valence-electron chi connectivity index (χ2n) is 23.2. The summed E-state index contributed by atoms with van der Waals surface area (Å²) in [4.78, 5) is 114. The van der Waals surface area contributed by atoms with Crippen LogP contribution in [0.1, 0.15) is 132 Å². The van der Waals surface area contributed by atoms with Gasteiger partial charge in [0.1, 0.15) is 61.7 Å². The molecule has 8 rings (SSSR count). The highest BCUT2D eigenvalue weighted by atomic mass is 16.5. The molecule has 0 aliphatic carbocycles. The minimum absolute atomic E-state index is 0.0222. The molecule has 4 aliphatic heterocycles. The highest BCUT2D eigenvalue weighted by molar-refractivity contribution is 5.95. The Morgan fingerprint density at radius 2 is 0.900 bits per heavy atom. The number of amides is 6. The lowest BCUT2D eigenvalue weighted by molar-refractivity contribution is -0.158. The summed E-state index contributed by atoms with van der Waals surface area (Å²) in [5.41, 5.74) is 5.57. The molecule has 4 aromatic rings. The maximum Gasteiger partial charge on any atom is 0.325 e. The second kappa shape index (κ2) is 25.3. The van der Waals surface area contributed by atoms with Gasteiger partial charge in [-0.2, -0.15) is 0 Å². The number of carbonyl (C=O) groups is 8. The predicted molar refractivity (Wildman–Crippen MR) is 296 cm³/mol. The number of cyclic esters (lactones) is 2. The number of nitrogens with one attached hydrogen (secondary N) is 6. The number of hydrogen-bond donors (Lipinski definition) is 6. The minimum atomic E-state index is -0.985. The van der Waals surface area contributed by atoms with Gasteiger partial charge in [-0.1, -0.05) is 52.0 Å². The van der Waals surface area contributed by atoms with Crippen molar-refractivity contribution < 1.29 is 57.3 Å². The van der Waals surface area contributed by atoms with Crippen LogP contribution in [0.4, 0.5) is 0 Å². The molecule has 2 aromatic heterocycles. The first kappa shape index (κ1) is 60.2. The summed E-state index contributed by atoms with van der Waals surface area (Å²) in [5.74, 6) is -3.15. The van der Waals surface area contributed by atoms with Crippen LogP contribution in [-0.2, 0) is 47.8 Å². The fraction of sp³-hybridized carbons (Fsp3) is 0.552. The van der Waals surface area contributed by atoms with E-state index in [1.807, 2.05) is 64.1 Å². The zero-order valence-electron chi connectivity index (χ0n) is 47.9. The Hall–Kier alpha value is -7.46. The zero-order valence-corrected chi connectivity index (χ0v) is 47.9. The van der Waals surface area contributed by atoms with Gasteiger partial charge in [0.25, 0.3) is 11.8 Å². The van der Waals surface area contributed by atoms with Gasteiger partial charge in [-0.05, 0) is 127 Å². The largest absolute Gasteiger partial charge is 0.477 e. The van der Waals surface area contributed by atoms with E-state index in [9.17, 15) is 38.4 Å². The van der Waals surface area contributed by atoms with Gasteiger partial charge >= 0.3 is 11.9 Å². The number of ether oxygens (including phenoxy) is 4. The molecule has 80 heavy (non-hydrogen) atoms. The SMILES string of the molecule is CC(C)[C@@H]1NC(=O)C(C)(C)COc2cc3cc(ccc3cn2)[C@@H](C)OC(=O)[C@@H]2CCCN(N2)C(=O)[C@H](C)NC1=O.CC(C)[C@@H]1NC(=O)C(C)(C)COc2cc3cc(ccc3cn2)[C@@H](C)OC(=O)[C@@H]2CCCN(N2)C(=O)[C@H](C)NC1=O. The molecule has 432 valence electrons. The Morgan fingerprint density at radius 1 is 0.525 bits per heavy atom. The van der Waals surface area contributed by atoms with E-state index in [0.29, 0.717) is 50.5 Å². The van der Waals surface area contributed by atoms with Crippen molar-refractivity contribution in [3.05, 3.63) is 72.1 Å². The first-order valence-corrected chi connectivity index (χ1v) is 27.5. The predicted octanol–water partition coefficient (Wildman–Crippen LogP) is 4.80. The topological polar surface area (TPSA) is 278 Å². The third-order valence-electron chi connectivity index (χ3n) is 14.8. The van der Waals surface area contributed by atoms with Crippen LogP contribution >= 0.6 is 0 Å². The van der Waals surface area contributed by atoms with Crippen molar-refractivity contribution in [1.29, 1.82) is 0 Å². The van der Waals surface area contributed by atoms with E-state index in [-0.39, 0.29) is 48.7 Å². The number of benzene rings is 2. The molecule has 2 fully saturated rings. The quantitative estimate of drug-likeness (QED) is 0.147. The Bertz CT molecular complexity index is 2790. The van der Waals surface area contributed by atoms with E-state index >= 15 is 0 Å². The highest BCUT2D eigenvalue weighted by Crippen LogP contribution is 2.29. The summed E-state index contributed by atoms with van der Waals surface area (Å²) in [6.07, 6.45) is 4.51. The normalized spacial score (nSPS) is 26.6. The van der Waals surface area contributed by atoms with Gasteiger partial charge in [-0.15, -0.1) is 0 Å². The number of carbonyl (C=O) groups excluding carboxylic acids is 8. The molecule has 22 nitrogen and oxygen atoms in total. The first-order valence-electron chi connectivity index (χ1n) is 27.5. The maximum absolute atomic E-state index is 13.3. The number of pyridine rings is 2. The van der Waals surface area contributed by atoms with Crippen LogP contribution < -0.4 is 41.6 Å². The van der Waals surface area contributed by atoms with E-state index in [1.54, 1.807) is 79.9 Å². The third-order valence-corrected chi connectivity index (χ3v) is 14.8. The van der Waals surface area contributed by atoms with Crippen LogP contribution in [-0.4, -0.2) is 130 Å². The molecule has 2 saturated heterocycles. The van der Waals surface area contributed by atoms with Crippen molar-refractivity contribution in [2.45, 2.75) is 157 Å². The first-order chi connectivity index (χ1) is 37.7. The Kier molecular flexibility index (Phi) is 19.1. The summed E-state index contributed by atoms with van der Waals surface area (Å²) >= 11 is 0. The third kappa shape index (κ3) is 14.7. The van der Waals surface area contributed by atoms with Gasteiger partial charge in [0.15, 0.2) is 0 Å². The van der Waals surface area contributed by atoms with Crippen LogP contribution in [0.15, 0.2) is 60.9 Å². The molecular weight excluding hydrogens is 1030 g/mol. The number of esters is 2. The van der Waals surface area contributed by atoms with Crippen LogP contribution in [0.3, 0.4) is 0 Å². The van der Waals surface area contributed by atoms with Crippen LogP contribution in [0.25, 0.3) is 21.5 Å². The highest BCUT2D eigenvalue weighted by Gasteiger charge is 2.39. The van der Waals surface area contributed by atoms with Crippen molar-refractivity contribution in [3.63, 3.8) is 0 Å². The molecule has 0 radical (unpaired) electrons. The number of hydrazine groups is 2. The lowest BCUT2D eigenvalue weighted by atomic mass is 9.92. The van der Waals surface area contributed by atoms with Gasteiger partial charge < -0.3 is 40.2 Å². The van der Waals surface area contributed by atoms with Crippen molar-refractivity contribution >= 4 is 68.9 Å². The van der Waals surface area contributed by atoms with Crippen LogP contribution in [0.5, 0.6) is 11.8 Å². The van der Waals surface area contributed by atoms with Gasteiger partial charge in [-0.25, -0.2) is 20.8 Å². The molecule has 6 N–H and O–H groups in total. The molecule has 2 aromatic carbocycles. The van der Waals surface area contributed by atoms with E-state index in [1.165, 1.54) is 10.0 Å². The number of rotatable bonds is 2. The zero-order chi connectivity index (χ0) is 58.4. The standard InChI is InChI=1S/2C29H39N5O6/c2*1-16(2)24-25(35)31-17(3)26(36)34-11-7-8-22(33-34)27(37)40-18(4)19-9-10-20-14-30-23(13-21(20)12-19)39-15-29(5,6)28(38)32-24/h2*9-10,12-14,16-18,22,24,33H,7-8,11,15H2,1-6H3,(H,31,35)(H,32,38)/t2*17-,18+,22-,24-/m00/s1. The summed E-state index contributed by atoms with van der Waals surface area (Å²) in [6.45, 7) is 21.8. The van der Waals surface area contributed by atoms with Gasteiger partial charge in [0, 0.05) is 48.4 Å². The fourth-order valence-electron chi connectivity index (χ4n) is 9.40. The molecule has 22 heteroatoms. The lowest BCUT2D eigenvalue weighted by Crippen LogP contribution is -2.61. The molecule has 6 heterocycles. The average Bonchev–Trinajstić information content (AvgIpc) is 3.44. The molecule has 10 bridgehead atoms. The Labute approximate surface area is 466 Å². The average molecular weight is 1110 g/mol. The van der Waals surface area contributed by atoms with Gasteiger partial charge in [0.05, 0.1) is 10.8 Å². The van der Waals surface area contributed by atoms with Gasteiger partial charge in [0.2, 0.25) is 35.4 Å². The number of fused-ring (bicyclic) bond motifs is 8. The summed E-state index contributed by atoms with van der Waals surface area (Å²) in [7, 11) is 0. The van der Waals surface area contributed by atoms with E-state index in [4.69, 9.17) is 18.9 Å². The maximum atomic E-state index is 13.3. The van der Waals surface area contributed by atoms with Crippen molar-refractivity contribution in [1.82, 2.24) is 52.1 Å². The molecule has 8 atom stereocenters. The van der Waals surface area contributed by atoms with Crippen molar-refractivity contribution in [2.24, 2.45) is 22.7 Å². The van der Waals surface area contributed by atoms with E-state index < -0.39 is 83.0 Å². The molecular formula is C58H78N10O12.